The fourth-order valence-corrected chi connectivity index (χ4v) is 0.684. The van der Waals surface area contributed by atoms with Gasteiger partial charge >= 0.3 is 0 Å². The van der Waals surface area contributed by atoms with E-state index in [2.05, 4.69) is 5.32 Å². The van der Waals surface area contributed by atoms with Crippen LogP contribution < -0.4 is 5.32 Å². The van der Waals surface area contributed by atoms with Crippen molar-refractivity contribution in [1.29, 1.82) is 0 Å². The lowest BCUT2D eigenvalue weighted by molar-refractivity contribution is -0.419. The molecular formula is C7H11ClN2O2. The van der Waals surface area contributed by atoms with Crippen LogP contribution in [0.3, 0.4) is 0 Å². The van der Waals surface area contributed by atoms with E-state index in [4.69, 9.17) is 11.6 Å². The zero-order chi connectivity index (χ0) is 9.40. The Bertz CT molecular complexity index is 202. The lowest BCUT2D eigenvalue weighted by atomic mass is 10.3. The molecule has 5 heteroatoms. The zero-order valence-corrected chi connectivity index (χ0v) is 7.54. The molecule has 0 aromatic carbocycles. The van der Waals surface area contributed by atoms with Gasteiger partial charge in [-0.15, -0.1) is 11.6 Å². The maximum Gasteiger partial charge on any atom is 0.266 e. The predicted octanol–water partition coefficient (Wildman–Crippen LogP) is 1.51. The van der Waals surface area contributed by atoms with Crippen molar-refractivity contribution < 1.29 is 4.92 Å². The molecule has 0 atom stereocenters. The first-order valence-electron chi connectivity index (χ1n) is 3.46. The summed E-state index contributed by atoms with van der Waals surface area (Å²) in [5.74, 6) is 0.394. The number of hydrogen-bond acceptors (Lipinski definition) is 3. The van der Waals surface area contributed by atoms with Crippen molar-refractivity contribution in [2.24, 2.45) is 0 Å². The molecule has 0 aliphatic carbocycles. The van der Waals surface area contributed by atoms with E-state index in [1.165, 1.54) is 18.4 Å². The van der Waals surface area contributed by atoms with Gasteiger partial charge in [-0.3, -0.25) is 10.1 Å². The summed E-state index contributed by atoms with van der Waals surface area (Å²) in [6.07, 6.45) is 4.89. The highest BCUT2D eigenvalue weighted by molar-refractivity contribution is 6.17. The van der Waals surface area contributed by atoms with E-state index in [0.717, 1.165) is 0 Å². The molecule has 0 aromatic heterocycles. The molecule has 0 bridgehead atoms. The van der Waals surface area contributed by atoms with Crippen LogP contribution in [0.4, 0.5) is 0 Å². The van der Waals surface area contributed by atoms with Gasteiger partial charge in [-0.2, -0.15) is 0 Å². The van der Waals surface area contributed by atoms with Crippen LogP contribution in [0.1, 0.15) is 6.42 Å². The van der Waals surface area contributed by atoms with Crippen molar-refractivity contribution in [2.45, 2.75) is 6.42 Å². The highest BCUT2D eigenvalue weighted by atomic mass is 35.5. The standard InChI is InChI=1S/C7H11ClN2O2/c1-9-6-4-7(10(11)12)3-2-5-8/h3-4,6,9H,2,5H2,1H3/b6-4-,7-3+. The minimum Gasteiger partial charge on any atom is -0.394 e. The number of rotatable bonds is 5. The molecule has 68 valence electrons. The zero-order valence-electron chi connectivity index (χ0n) is 6.79. The van der Waals surface area contributed by atoms with E-state index in [0.29, 0.717) is 12.3 Å². The fraction of sp³-hybridized carbons (Fsp3) is 0.429. The molecule has 0 radical (unpaired) electrons. The molecule has 0 aliphatic rings. The number of nitro groups is 1. The van der Waals surface area contributed by atoms with Gasteiger partial charge in [0.1, 0.15) is 0 Å². The first-order valence-corrected chi connectivity index (χ1v) is 4.00. The van der Waals surface area contributed by atoms with Crippen molar-refractivity contribution in [3.63, 3.8) is 0 Å². The molecule has 0 amide bonds. The average Bonchev–Trinajstić information content (AvgIpc) is 2.04. The maximum atomic E-state index is 10.3. The Kier molecular flexibility index (Phi) is 6.09. The Balaban J connectivity index is 4.22. The predicted molar refractivity (Wildman–Crippen MR) is 48.6 cm³/mol. The molecule has 12 heavy (non-hydrogen) atoms. The summed E-state index contributed by atoms with van der Waals surface area (Å²) in [7, 11) is 1.68. The Morgan fingerprint density at radius 2 is 2.42 bits per heavy atom. The molecule has 1 N–H and O–H groups in total. The summed E-state index contributed by atoms with van der Waals surface area (Å²) in [5.41, 5.74) is 0.0602. The molecular weight excluding hydrogens is 180 g/mol. The van der Waals surface area contributed by atoms with Gasteiger partial charge in [0.15, 0.2) is 0 Å². The lowest BCUT2D eigenvalue weighted by Crippen LogP contribution is -1.98. The summed E-state index contributed by atoms with van der Waals surface area (Å²) in [6, 6.07) is 0. The number of allylic oxidation sites excluding steroid dienone is 2. The number of alkyl halides is 1. The SMILES string of the molecule is CN/C=C\C(=C/CCCl)[N+](=O)[O-]. The van der Waals surface area contributed by atoms with Crippen LogP contribution in [0.15, 0.2) is 24.0 Å². The Labute approximate surface area is 76.1 Å². The minimum atomic E-state index is -0.444. The molecule has 0 spiro atoms. The summed E-state index contributed by atoms with van der Waals surface area (Å²) in [5, 5.41) is 13.0. The lowest BCUT2D eigenvalue weighted by Gasteiger charge is -1.90. The van der Waals surface area contributed by atoms with Crippen molar-refractivity contribution >= 4 is 11.6 Å². The van der Waals surface area contributed by atoms with Crippen molar-refractivity contribution in [3.8, 4) is 0 Å². The second-order valence-corrected chi connectivity index (χ2v) is 2.36. The first-order chi connectivity index (χ1) is 5.72. The molecule has 0 unspecified atom stereocenters. The van der Waals surface area contributed by atoms with E-state index >= 15 is 0 Å². The number of nitrogens with zero attached hydrogens (tertiary/aromatic N) is 1. The quantitative estimate of drug-likeness (QED) is 0.310. The summed E-state index contributed by atoms with van der Waals surface area (Å²) >= 11 is 5.38. The molecule has 0 aliphatic heterocycles. The van der Waals surface area contributed by atoms with Crippen molar-refractivity contribution in [2.75, 3.05) is 12.9 Å². The van der Waals surface area contributed by atoms with Gasteiger partial charge in [-0.1, -0.05) is 0 Å². The second kappa shape index (κ2) is 6.67. The largest absolute Gasteiger partial charge is 0.394 e. The molecule has 0 fully saturated rings. The third-order valence-corrected chi connectivity index (χ3v) is 1.31. The fourth-order valence-electron chi connectivity index (χ4n) is 0.575. The van der Waals surface area contributed by atoms with Crippen LogP contribution in [-0.4, -0.2) is 17.9 Å². The van der Waals surface area contributed by atoms with Gasteiger partial charge in [0.25, 0.3) is 5.70 Å². The Hall–Kier alpha value is -1.03. The highest BCUT2D eigenvalue weighted by Crippen LogP contribution is 2.00. The molecule has 0 saturated heterocycles. The summed E-state index contributed by atoms with van der Waals surface area (Å²) in [4.78, 5) is 9.88. The third kappa shape index (κ3) is 4.73. The van der Waals surface area contributed by atoms with Gasteiger partial charge < -0.3 is 5.32 Å². The highest BCUT2D eigenvalue weighted by Gasteiger charge is 2.03. The van der Waals surface area contributed by atoms with Gasteiger partial charge in [0.05, 0.1) is 4.92 Å². The van der Waals surface area contributed by atoms with Crippen LogP contribution in [-0.2, 0) is 0 Å². The van der Waals surface area contributed by atoms with E-state index in [-0.39, 0.29) is 5.70 Å². The van der Waals surface area contributed by atoms with Crippen LogP contribution in [0.25, 0.3) is 0 Å². The van der Waals surface area contributed by atoms with Crippen LogP contribution in [0, 0.1) is 10.1 Å². The molecule has 0 heterocycles. The Morgan fingerprint density at radius 1 is 1.75 bits per heavy atom. The van der Waals surface area contributed by atoms with Crippen LogP contribution in [0.2, 0.25) is 0 Å². The minimum absolute atomic E-state index is 0.0602. The monoisotopic (exact) mass is 190 g/mol. The van der Waals surface area contributed by atoms with E-state index < -0.39 is 4.92 Å². The number of nitrogens with one attached hydrogen (secondary N) is 1. The summed E-state index contributed by atoms with van der Waals surface area (Å²) in [6.45, 7) is 0. The first kappa shape index (κ1) is 11.0. The molecule has 0 aromatic rings. The van der Waals surface area contributed by atoms with E-state index in [1.54, 1.807) is 7.05 Å². The normalized spacial score (nSPS) is 12.0. The number of halogens is 1. The molecule has 4 nitrogen and oxygen atoms in total. The maximum absolute atomic E-state index is 10.3. The van der Waals surface area contributed by atoms with E-state index in [1.807, 2.05) is 0 Å². The third-order valence-electron chi connectivity index (χ3n) is 1.09. The van der Waals surface area contributed by atoms with Crippen LogP contribution in [0.5, 0.6) is 0 Å². The van der Waals surface area contributed by atoms with Gasteiger partial charge in [-0.05, 0) is 12.5 Å². The average molecular weight is 191 g/mol. The van der Waals surface area contributed by atoms with Gasteiger partial charge in [0, 0.05) is 25.2 Å². The topological polar surface area (TPSA) is 55.2 Å². The van der Waals surface area contributed by atoms with Gasteiger partial charge in [-0.25, -0.2) is 0 Å². The van der Waals surface area contributed by atoms with E-state index in [9.17, 15) is 10.1 Å². The number of hydrogen-bond donors (Lipinski definition) is 1. The van der Waals surface area contributed by atoms with Crippen molar-refractivity contribution in [1.82, 2.24) is 5.32 Å². The van der Waals surface area contributed by atoms with Crippen LogP contribution >= 0.6 is 11.6 Å². The Morgan fingerprint density at radius 3 is 2.83 bits per heavy atom. The molecule has 0 rings (SSSR count). The summed E-state index contributed by atoms with van der Waals surface area (Å²) < 4.78 is 0. The molecule has 0 saturated carbocycles. The smallest absolute Gasteiger partial charge is 0.266 e. The second-order valence-electron chi connectivity index (χ2n) is 1.99. The van der Waals surface area contributed by atoms with Gasteiger partial charge in [0.2, 0.25) is 0 Å². The van der Waals surface area contributed by atoms with Crippen molar-refractivity contribution in [3.05, 3.63) is 34.2 Å².